The van der Waals surface area contributed by atoms with E-state index in [1.54, 1.807) is 0 Å². The molecule has 0 atom stereocenters. The van der Waals surface area contributed by atoms with Gasteiger partial charge in [0.15, 0.2) is 11.5 Å². The summed E-state index contributed by atoms with van der Waals surface area (Å²) in [6, 6.07) is 7.07. The minimum Gasteiger partial charge on any atom is -0.388 e. The van der Waals surface area contributed by atoms with Crippen LogP contribution in [-0.2, 0) is 13.0 Å². The number of rotatable bonds is 5. The Bertz CT molecular complexity index is 809. The molecule has 3 rings (SSSR count). The molecule has 22 heavy (non-hydrogen) atoms. The summed E-state index contributed by atoms with van der Waals surface area (Å²) >= 11 is 6.01. The topological polar surface area (TPSA) is 91.2 Å². The molecule has 0 fully saturated rings. The zero-order chi connectivity index (χ0) is 15.5. The van der Waals surface area contributed by atoms with Gasteiger partial charge >= 0.3 is 0 Å². The van der Waals surface area contributed by atoms with Crippen molar-refractivity contribution in [2.24, 2.45) is 0 Å². The third-order valence-corrected chi connectivity index (χ3v) is 3.59. The molecule has 0 bridgehead atoms. The molecule has 3 N–H and O–H groups in total. The molecular formula is C15H14ClN3O3. The molecule has 0 aliphatic heterocycles. The van der Waals surface area contributed by atoms with Crippen LogP contribution in [0.15, 0.2) is 35.0 Å². The van der Waals surface area contributed by atoms with Gasteiger partial charge in [0.1, 0.15) is 6.61 Å². The summed E-state index contributed by atoms with van der Waals surface area (Å²) in [6.07, 6.45) is 2.57. The Labute approximate surface area is 131 Å². The molecule has 0 radical (unpaired) electrons. The summed E-state index contributed by atoms with van der Waals surface area (Å²) in [5.41, 5.74) is 2.25. The molecule has 1 aromatic carbocycles. The number of aromatic amines is 1. The number of halogens is 1. The standard InChI is InChI=1S/C15H14ClN3O3/c16-10-1-2-13-12(5-10)9(7-18-13)3-4-17-15(21)14-6-11(8-20)22-19-14/h1-2,5-7,18,20H,3-4,8H2,(H,17,21). The molecule has 0 unspecified atom stereocenters. The number of benzene rings is 1. The van der Waals surface area contributed by atoms with E-state index in [4.69, 9.17) is 21.2 Å². The first-order valence-electron chi connectivity index (χ1n) is 6.77. The van der Waals surface area contributed by atoms with Crippen LogP contribution in [0.3, 0.4) is 0 Å². The number of nitrogens with zero attached hydrogens (tertiary/aromatic N) is 1. The third-order valence-electron chi connectivity index (χ3n) is 3.36. The second-order valence-electron chi connectivity index (χ2n) is 4.85. The lowest BCUT2D eigenvalue weighted by molar-refractivity contribution is 0.0944. The van der Waals surface area contributed by atoms with Crippen molar-refractivity contribution in [3.05, 3.63) is 52.5 Å². The number of carbonyl (C=O) groups excluding carboxylic acids is 1. The summed E-state index contributed by atoms with van der Waals surface area (Å²) in [6.45, 7) is 0.177. The van der Waals surface area contributed by atoms with Crippen LogP contribution in [0.1, 0.15) is 21.8 Å². The molecule has 0 saturated carbocycles. The predicted octanol–water partition coefficient (Wildman–Crippen LogP) is 2.27. The molecule has 0 aliphatic carbocycles. The fourth-order valence-electron chi connectivity index (χ4n) is 2.25. The Morgan fingerprint density at radius 1 is 1.41 bits per heavy atom. The van der Waals surface area contributed by atoms with Crippen LogP contribution in [0.25, 0.3) is 10.9 Å². The maximum atomic E-state index is 11.9. The number of fused-ring (bicyclic) bond motifs is 1. The predicted molar refractivity (Wildman–Crippen MR) is 81.8 cm³/mol. The molecule has 0 aliphatic rings. The van der Waals surface area contributed by atoms with Gasteiger partial charge in [-0.15, -0.1) is 0 Å². The number of hydrogen-bond donors (Lipinski definition) is 3. The minimum absolute atomic E-state index is 0.158. The summed E-state index contributed by atoms with van der Waals surface area (Å²) in [5.74, 6) is -0.0715. The highest BCUT2D eigenvalue weighted by Crippen LogP contribution is 2.22. The Balaban J connectivity index is 1.62. The molecule has 1 amide bonds. The number of aromatic nitrogens is 2. The van der Waals surface area contributed by atoms with Crippen molar-refractivity contribution >= 4 is 28.4 Å². The maximum Gasteiger partial charge on any atom is 0.273 e. The van der Waals surface area contributed by atoms with Gasteiger partial charge in [-0.2, -0.15) is 0 Å². The van der Waals surface area contributed by atoms with Crippen molar-refractivity contribution in [3.63, 3.8) is 0 Å². The highest BCUT2D eigenvalue weighted by atomic mass is 35.5. The van der Waals surface area contributed by atoms with Crippen molar-refractivity contribution in [3.8, 4) is 0 Å². The van der Waals surface area contributed by atoms with Crippen LogP contribution in [0.2, 0.25) is 5.02 Å². The Hall–Kier alpha value is -2.31. The van der Waals surface area contributed by atoms with E-state index in [-0.39, 0.29) is 24.0 Å². The van der Waals surface area contributed by atoms with E-state index in [1.807, 2.05) is 24.4 Å². The highest BCUT2D eigenvalue weighted by molar-refractivity contribution is 6.31. The zero-order valence-corrected chi connectivity index (χ0v) is 12.4. The Kier molecular flexibility index (Phi) is 4.13. The second-order valence-corrected chi connectivity index (χ2v) is 5.28. The fraction of sp³-hybridized carbons (Fsp3) is 0.200. The summed E-state index contributed by atoms with van der Waals surface area (Å²) in [4.78, 5) is 15.0. The third kappa shape index (κ3) is 2.98. The van der Waals surface area contributed by atoms with Gasteiger partial charge in [0.05, 0.1) is 0 Å². The summed E-state index contributed by atoms with van der Waals surface area (Å²) in [7, 11) is 0. The van der Waals surface area contributed by atoms with E-state index < -0.39 is 0 Å². The Morgan fingerprint density at radius 3 is 3.05 bits per heavy atom. The normalized spacial score (nSPS) is 11.0. The van der Waals surface area contributed by atoms with Crippen LogP contribution in [0, 0.1) is 0 Å². The number of nitrogens with one attached hydrogen (secondary N) is 2. The van der Waals surface area contributed by atoms with Gasteiger partial charge in [-0.1, -0.05) is 16.8 Å². The van der Waals surface area contributed by atoms with Gasteiger partial charge in [-0.3, -0.25) is 4.79 Å². The van der Waals surface area contributed by atoms with Gasteiger partial charge in [0.25, 0.3) is 5.91 Å². The van der Waals surface area contributed by atoms with Gasteiger partial charge in [-0.25, -0.2) is 0 Å². The summed E-state index contributed by atoms with van der Waals surface area (Å²) in [5, 5.41) is 17.0. The monoisotopic (exact) mass is 319 g/mol. The second kappa shape index (κ2) is 6.21. The molecule has 3 aromatic rings. The molecule has 2 aromatic heterocycles. The lowest BCUT2D eigenvalue weighted by Crippen LogP contribution is -2.25. The van der Waals surface area contributed by atoms with Gasteiger partial charge in [-0.05, 0) is 30.2 Å². The van der Waals surface area contributed by atoms with E-state index in [2.05, 4.69) is 15.5 Å². The number of aliphatic hydroxyl groups is 1. The van der Waals surface area contributed by atoms with E-state index in [0.717, 1.165) is 16.5 Å². The smallest absolute Gasteiger partial charge is 0.273 e. The van der Waals surface area contributed by atoms with Crippen LogP contribution < -0.4 is 5.32 Å². The molecule has 6 nitrogen and oxygen atoms in total. The van der Waals surface area contributed by atoms with Crippen molar-refractivity contribution < 1.29 is 14.4 Å². The van der Waals surface area contributed by atoms with E-state index >= 15 is 0 Å². The van der Waals surface area contributed by atoms with Crippen molar-refractivity contribution in [1.82, 2.24) is 15.5 Å². The Morgan fingerprint density at radius 2 is 2.27 bits per heavy atom. The van der Waals surface area contributed by atoms with E-state index in [1.165, 1.54) is 6.07 Å². The molecule has 114 valence electrons. The minimum atomic E-state index is -0.332. The van der Waals surface area contributed by atoms with Gasteiger partial charge in [0.2, 0.25) is 0 Å². The molecule has 7 heteroatoms. The number of amides is 1. The number of hydrogen-bond acceptors (Lipinski definition) is 4. The van der Waals surface area contributed by atoms with Gasteiger partial charge < -0.3 is 19.9 Å². The SMILES string of the molecule is O=C(NCCc1c[nH]c2ccc(Cl)cc12)c1cc(CO)on1. The van der Waals surface area contributed by atoms with Crippen LogP contribution in [0.5, 0.6) is 0 Å². The average Bonchev–Trinajstić information content (AvgIpc) is 3.14. The average molecular weight is 320 g/mol. The number of carbonyl (C=O) groups is 1. The largest absolute Gasteiger partial charge is 0.388 e. The molecule has 0 spiro atoms. The van der Waals surface area contributed by atoms with E-state index in [0.29, 0.717) is 18.0 Å². The maximum absolute atomic E-state index is 11.9. The molecule has 2 heterocycles. The van der Waals surface area contributed by atoms with Crippen LogP contribution >= 0.6 is 11.6 Å². The van der Waals surface area contributed by atoms with Crippen LogP contribution in [0.4, 0.5) is 0 Å². The molecular weight excluding hydrogens is 306 g/mol. The molecule has 0 saturated heterocycles. The van der Waals surface area contributed by atoms with E-state index in [9.17, 15) is 4.79 Å². The first kappa shape index (κ1) is 14.6. The fourth-order valence-corrected chi connectivity index (χ4v) is 2.43. The lowest BCUT2D eigenvalue weighted by Gasteiger charge is -2.02. The first-order chi connectivity index (χ1) is 10.7. The van der Waals surface area contributed by atoms with Crippen molar-refractivity contribution in [2.75, 3.05) is 6.54 Å². The highest BCUT2D eigenvalue weighted by Gasteiger charge is 2.12. The lowest BCUT2D eigenvalue weighted by atomic mass is 10.1. The van der Waals surface area contributed by atoms with Crippen molar-refractivity contribution in [2.45, 2.75) is 13.0 Å². The quantitative estimate of drug-likeness (QED) is 0.673. The van der Waals surface area contributed by atoms with Crippen LogP contribution in [-0.4, -0.2) is 27.7 Å². The van der Waals surface area contributed by atoms with Gasteiger partial charge in [0, 0.05) is 34.7 Å². The summed E-state index contributed by atoms with van der Waals surface area (Å²) < 4.78 is 4.78. The number of H-pyrrole nitrogens is 1. The number of aliphatic hydroxyl groups excluding tert-OH is 1. The zero-order valence-electron chi connectivity index (χ0n) is 11.6. The van der Waals surface area contributed by atoms with Crippen molar-refractivity contribution in [1.29, 1.82) is 0 Å². The first-order valence-corrected chi connectivity index (χ1v) is 7.15.